The van der Waals surface area contributed by atoms with Crippen molar-refractivity contribution in [3.05, 3.63) is 125 Å². The van der Waals surface area contributed by atoms with E-state index in [1.165, 1.54) is 13.0 Å². The lowest BCUT2D eigenvalue weighted by molar-refractivity contribution is -0.106. The van der Waals surface area contributed by atoms with Crippen molar-refractivity contribution in [2.75, 3.05) is 12.4 Å². The Bertz CT molecular complexity index is 1410. The molecule has 2 aromatic carbocycles. The molecule has 216 valence electrons. The third-order valence-electron chi connectivity index (χ3n) is 5.49. The van der Waals surface area contributed by atoms with E-state index in [2.05, 4.69) is 23.5 Å². The first-order valence-corrected chi connectivity index (χ1v) is 12.9. The summed E-state index contributed by atoms with van der Waals surface area (Å²) in [7, 11) is 1.85. The highest BCUT2D eigenvalue weighted by Gasteiger charge is 2.34. The highest BCUT2D eigenvalue weighted by molar-refractivity contribution is 6.34. The maximum absolute atomic E-state index is 12.3. The van der Waals surface area contributed by atoms with E-state index in [0.717, 1.165) is 27.9 Å². The summed E-state index contributed by atoms with van der Waals surface area (Å²) < 4.78 is 36.8. The first-order valence-electron chi connectivity index (χ1n) is 12.5. The van der Waals surface area contributed by atoms with Crippen LogP contribution in [-0.4, -0.2) is 35.3 Å². The number of aliphatic hydroxyl groups is 1. The normalized spacial score (nSPS) is 11.5. The Labute approximate surface area is 243 Å². The van der Waals surface area contributed by atoms with Gasteiger partial charge in [0.05, 0.1) is 11.3 Å². The lowest BCUT2D eigenvalue weighted by Gasteiger charge is -2.13. The molecule has 5 nitrogen and oxygen atoms in total. The van der Waals surface area contributed by atoms with E-state index in [1.807, 2.05) is 69.6 Å². The zero-order valence-electron chi connectivity index (χ0n) is 23.3. The second kappa shape index (κ2) is 16.6. The maximum atomic E-state index is 12.3. The van der Waals surface area contributed by atoms with Crippen molar-refractivity contribution in [1.29, 1.82) is 5.41 Å². The number of hydrogen-bond donors (Lipinski definition) is 3. The molecule has 0 bridgehead atoms. The van der Waals surface area contributed by atoms with Crippen LogP contribution in [0.25, 0.3) is 16.9 Å². The fourth-order valence-electron chi connectivity index (χ4n) is 3.45. The van der Waals surface area contributed by atoms with Crippen LogP contribution in [0.5, 0.6) is 0 Å². The van der Waals surface area contributed by atoms with Crippen molar-refractivity contribution in [1.82, 2.24) is 4.98 Å². The third kappa shape index (κ3) is 9.61. The van der Waals surface area contributed by atoms with E-state index in [1.54, 1.807) is 18.3 Å². The molecular formula is C32H33ClF3N3O2. The van der Waals surface area contributed by atoms with Crippen molar-refractivity contribution < 1.29 is 23.1 Å². The molecule has 0 saturated carbocycles. The Morgan fingerprint density at radius 3 is 2.12 bits per heavy atom. The minimum absolute atomic E-state index is 0.0230. The van der Waals surface area contributed by atoms with Crippen molar-refractivity contribution in [3.63, 3.8) is 0 Å². The van der Waals surface area contributed by atoms with Gasteiger partial charge in [-0.2, -0.15) is 13.2 Å². The van der Waals surface area contributed by atoms with E-state index >= 15 is 0 Å². The summed E-state index contributed by atoms with van der Waals surface area (Å²) in [6.45, 7) is 11.9. The fraction of sp³-hybridized carbons (Fsp3) is 0.156. The molecule has 0 spiro atoms. The Morgan fingerprint density at radius 1 is 1.07 bits per heavy atom. The van der Waals surface area contributed by atoms with Crippen LogP contribution in [0.1, 0.15) is 37.5 Å². The molecule has 3 N–H and O–H groups in total. The number of halogens is 4. The van der Waals surface area contributed by atoms with Gasteiger partial charge < -0.3 is 10.4 Å². The maximum Gasteiger partial charge on any atom is 0.417 e. The zero-order chi connectivity index (χ0) is 31.2. The van der Waals surface area contributed by atoms with Gasteiger partial charge in [-0.25, -0.2) is 0 Å². The van der Waals surface area contributed by atoms with Gasteiger partial charge in [-0.15, -0.1) is 0 Å². The number of benzene rings is 2. The molecule has 1 heterocycles. The van der Waals surface area contributed by atoms with E-state index in [0.29, 0.717) is 17.4 Å². The molecule has 3 rings (SSSR count). The molecule has 0 saturated heterocycles. The number of carbonyl (C=O) groups excluding carboxylic acids is 1. The van der Waals surface area contributed by atoms with Gasteiger partial charge in [0.2, 0.25) is 0 Å². The highest BCUT2D eigenvalue weighted by atomic mass is 35.5. The number of allylic oxidation sites excluding steroid dienone is 5. The lowest BCUT2D eigenvalue weighted by atomic mass is 9.96. The Kier molecular flexibility index (Phi) is 14.0. The van der Waals surface area contributed by atoms with E-state index in [4.69, 9.17) is 17.0 Å². The molecule has 0 amide bonds. The molecule has 0 fully saturated rings. The van der Waals surface area contributed by atoms with Crippen LogP contribution in [-0.2, 0) is 4.79 Å². The van der Waals surface area contributed by atoms with Crippen LogP contribution in [0.4, 0.5) is 18.9 Å². The van der Waals surface area contributed by atoms with Crippen LogP contribution in [0.3, 0.4) is 0 Å². The minimum atomic E-state index is -4.62. The second-order valence-corrected chi connectivity index (χ2v) is 8.34. The number of aromatic nitrogens is 1. The van der Waals surface area contributed by atoms with Gasteiger partial charge in [-0.3, -0.25) is 15.2 Å². The number of aliphatic hydroxyl groups excluding tert-OH is 1. The monoisotopic (exact) mass is 583 g/mol. The van der Waals surface area contributed by atoms with Crippen LogP contribution >= 0.6 is 11.6 Å². The Morgan fingerprint density at radius 2 is 1.68 bits per heavy atom. The van der Waals surface area contributed by atoms with Crippen molar-refractivity contribution >= 4 is 35.0 Å². The van der Waals surface area contributed by atoms with E-state index in [9.17, 15) is 23.1 Å². The van der Waals surface area contributed by atoms with Gasteiger partial charge in [0.1, 0.15) is 5.76 Å². The average molecular weight is 584 g/mol. The number of anilines is 1. The van der Waals surface area contributed by atoms with E-state index in [-0.39, 0.29) is 17.1 Å². The molecule has 0 aliphatic rings. The topological polar surface area (TPSA) is 86.1 Å². The second-order valence-electron chi connectivity index (χ2n) is 7.93. The molecule has 3 aromatic rings. The summed E-state index contributed by atoms with van der Waals surface area (Å²) in [6.07, 6.45) is 0.779. The predicted octanol–water partition coefficient (Wildman–Crippen LogP) is 9.13. The molecule has 0 aliphatic carbocycles. The number of nitrogens with zero attached hydrogens (tertiary/aromatic N) is 1. The summed E-state index contributed by atoms with van der Waals surface area (Å²) in [5.74, 6) is 0.0230. The molecule has 0 atom stereocenters. The predicted molar refractivity (Wildman–Crippen MR) is 164 cm³/mol. The summed E-state index contributed by atoms with van der Waals surface area (Å²) >= 11 is 5.44. The molecule has 0 unspecified atom stereocenters. The minimum Gasteiger partial charge on any atom is -0.508 e. The van der Waals surface area contributed by atoms with Gasteiger partial charge in [0.15, 0.2) is 6.29 Å². The molecule has 0 radical (unpaired) electrons. The molecule has 0 aliphatic heterocycles. The smallest absolute Gasteiger partial charge is 0.417 e. The molecule has 9 heteroatoms. The first kappa shape index (κ1) is 34.6. The Hall–Kier alpha value is -4.43. The zero-order valence-corrected chi connectivity index (χ0v) is 24.1. The number of hydrogen-bond acceptors (Lipinski definition) is 5. The number of alkyl halides is 3. The molecule has 41 heavy (non-hydrogen) atoms. The molecule has 1 aromatic heterocycles. The summed E-state index contributed by atoms with van der Waals surface area (Å²) in [6, 6.07) is 17.0. The largest absolute Gasteiger partial charge is 0.508 e. The van der Waals surface area contributed by atoms with Crippen molar-refractivity contribution in [2.45, 2.75) is 26.9 Å². The van der Waals surface area contributed by atoms with E-state index < -0.39 is 17.3 Å². The van der Waals surface area contributed by atoms with Crippen LogP contribution in [0.2, 0.25) is 0 Å². The van der Waals surface area contributed by atoms with Gasteiger partial charge in [0.25, 0.3) is 0 Å². The van der Waals surface area contributed by atoms with Crippen LogP contribution in [0, 0.1) is 5.41 Å². The van der Waals surface area contributed by atoms with Gasteiger partial charge in [0, 0.05) is 58.0 Å². The third-order valence-corrected chi connectivity index (χ3v) is 5.91. The van der Waals surface area contributed by atoms with Crippen LogP contribution in [0.15, 0.2) is 108 Å². The lowest BCUT2D eigenvalue weighted by Crippen LogP contribution is -2.13. The molecular weight excluding hydrogens is 551 g/mol. The number of rotatable bonds is 8. The average Bonchev–Trinajstić information content (AvgIpc) is 2.99. The fourth-order valence-corrected chi connectivity index (χ4v) is 3.60. The quantitative estimate of drug-likeness (QED) is 0.0811. The number of aldehydes is 1. The van der Waals surface area contributed by atoms with Gasteiger partial charge in [-0.1, -0.05) is 93.2 Å². The Balaban J connectivity index is 0.000000450. The summed E-state index contributed by atoms with van der Waals surface area (Å²) in [4.78, 5) is 14.6. The summed E-state index contributed by atoms with van der Waals surface area (Å²) in [5, 5.41) is 20.9. The number of carbonyl (C=O) groups is 1. The van der Waals surface area contributed by atoms with Crippen LogP contribution < -0.4 is 5.32 Å². The SMILES string of the molecule is C=C(O)c1ccc(C(=N)c2ccc(-c3cccnc3)cc2NC)cc1.C=C/C(=C(C=O)\C(Cl)=C/C)C(F)(F)F.CC. The standard InChI is InChI=1S/C21H19N3O.C9H8ClF3O.C2H6/c1-14(25)15-5-7-16(8-6-15)21(22)19-10-9-17(12-20(19)23-2)18-4-3-11-24-13-18;1-3-7(9(11,12)13)6(5-14)8(10)4-2;1-2/h3-13,22-23,25H,1H2,2H3;3-5H,1H2,2H3;1-2H3/b;7-6+,8-4+;. The van der Waals surface area contributed by atoms with Crippen molar-refractivity contribution in [2.24, 2.45) is 0 Å². The van der Waals surface area contributed by atoms with Crippen molar-refractivity contribution in [3.8, 4) is 11.1 Å². The first-order chi connectivity index (χ1) is 19.5. The van der Waals surface area contributed by atoms with Gasteiger partial charge >= 0.3 is 6.18 Å². The number of nitrogens with one attached hydrogen (secondary N) is 2. The highest BCUT2D eigenvalue weighted by Crippen LogP contribution is 2.32. The summed E-state index contributed by atoms with van der Waals surface area (Å²) in [5.41, 5.74) is 3.87. The van der Waals surface area contributed by atoms with Gasteiger partial charge in [-0.05, 0) is 24.6 Å². The number of pyridine rings is 1.